The lowest BCUT2D eigenvalue weighted by molar-refractivity contribution is -0.611. The van der Waals surface area contributed by atoms with E-state index in [1.807, 2.05) is 0 Å². The van der Waals surface area contributed by atoms with Crippen molar-refractivity contribution in [2.24, 2.45) is 0 Å². The van der Waals surface area contributed by atoms with Crippen LogP contribution in [0.5, 0.6) is 0 Å². The second-order valence-corrected chi connectivity index (χ2v) is 13.2. The van der Waals surface area contributed by atoms with Crippen molar-refractivity contribution >= 4 is 19.6 Å². The molecular weight excluding hydrogens is 549 g/mol. The molecule has 242 valence electrons. The van der Waals surface area contributed by atoms with Crippen molar-refractivity contribution in [2.75, 3.05) is 44.4 Å². The van der Waals surface area contributed by atoms with E-state index >= 15 is 0 Å². The third kappa shape index (κ3) is 31.2. The summed E-state index contributed by atoms with van der Waals surface area (Å²) in [7, 11) is -3.76. The van der Waals surface area contributed by atoms with Crippen LogP contribution < -0.4 is 5.32 Å². The zero-order valence-corrected chi connectivity index (χ0v) is 28.0. The molecule has 0 aliphatic heterocycles. The number of unbranched alkanes of at least 4 members (excludes halogenated alkanes) is 17. The molecular formula is C30H64NO7PS. The molecule has 0 saturated carbocycles. The maximum absolute atomic E-state index is 11.9. The molecule has 8 nitrogen and oxygen atoms in total. The first-order valence-electron chi connectivity index (χ1n) is 16.5. The van der Waals surface area contributed by atoms with E-state index in [0.717, 1.165) is 32.4 Å². The number of thioether (sulfide) groups is 1. The Morgan fingerprint density at radius 2 is 1.02 bits per heavy atom. The highest BCUT2D eigenvalue weighted by Crippen LogP contribution is 2.49. The van der Waals surface area contributed by atoms with Crippen LogP contribution in [0.2, 0.25) is 0 Å². The third-order valence-corrected chi connectivity index (χ3v) is 9.18. The standard InChI is InChI=1S/C30H64NO7PS/c1-4-7-8-9-10-11-12-13-14-15-16-17-21-24-29-40-30-25-27-31-26-22-19-18-20-23-28-33-36-37-38-39(32,34-5-2)35-6-3/h31H,4-30H2,1-3H3. The van der Waals surface area contributed by atoms with E-state index in [0.29, 0.717) is 6.61 Å². The number of phosphoric ester groups is 1. The van der Waals surface area contributed by atoms with Crippen LogP contribution >= 0.6 is 19.6 Å². The molecule has 0 radical (unpaired) electrons. The van der Waals surface area contributed by atoms with Crippen LogP contribution in [0.4, 0.5) is 0 Å². The summed E-state index contributed by atoms with van der Waals surface area (Å²) in [6.07, 6.45) is 26.8. The Bertz CT molecular complexity index is 524. The van der Waals surface area contributed by atoms with Gasteiger partial charge in [-0.15, -0.1) is 0 Å². The molecule has 0 heterocycles. The lowest BCUT2D eigenvalue weighted by atomic mass is 10.0. The van der Waals surface area contributed by atoms with Gasteiger partial charge in [-0.05, 0) is 74.2 Å². The average Bonchev–Trinajstić information content (AvgIpc) is 2.94. The number of rotatable bonds is 35. The van der Waals surface area contributed by atoms with Crippen LogP contribution in [-0.4, -0.2) is 44.4 Å². The molecule has 0 unspecified atom stereocenters. The topological polar surface area (TPSA) is 84.5 Å². The summed E-state index contributed by atoms with van der Waals surface area (Å²) >= 11 is 2.12. The van der Waals surface area contributed by atoms with Gasteiger partial charge in [-0.2, -0.15) is 11.8 Å². The molecule has 0 fully saturated rings. The van der Waals surface area contributed by atoms with Crippen LogP contribution in [0, 0.1) is 0 Å². The van der Waals surface area contributed by atoms with Gasteiger partial charge in [-0.25, -0.2) is 9.45 Å². The Labute approximate surface area is 251 Å². The highest BCUT2D eigenvalue weighted by molar-refractivity contribution is 7.99. The molecule has 1 N–H and O–H groups in total. The Morgan fingerprint density at radius 3 is 1.60 bits per heavy atom. The van der Waals surface area contributed by atoms with Gasteiger partial charge in [0.25, 0.3) is 0 Å². The molecule has 0 atom stereocenters. The molecule has 0 saturated heterocycles. The molecule has 0 aromatic rings. The van der Waals surface area contributed by atoms with Crippen LogP contribution in [0.15, 0.2) is 0 Å². The second kappa shape index (κ2) is 33.8. The molecule has 0 aliphatic carbocycles. The minimum atomic E-state index is -3.76. The molecule has 0 aliphatic rings. The van der Waals surface area contributed by atoms with E-state index in [-0.39, 0.29) is 13.2 Å². The predicted molar refractivity (Wildman–Crippen MR) is 168 cm³/mol. The fourth-order valence-electron chi connectivity index (χ4n) is 4.37. The SMILES string of the molecule is CCCCCCCCCCCCCCCCSCCCNCCCCCCCOOOOP(=O)(OCC)OCC. The Kier molecular flexibility index (Phi) is 34.1. The van der Waals surface area contributed by atoms with Gasteiger partial charge in [0.2, 0.25) is 0 Å². The fourth-order valence-corrected chi connectivity index (χ4v) is 6.22. The van der Waals surface area contributed by atoms with Crippen LogP contribution in [-0.2, 0) is 33.3 Å². The highest BCUT2D eigenvalue weighted by atomic mass is 32.2. The average molecular weight is 614 g/mol. The van der Waals surface area contributed by atoms with E-state index in [2.05, 4.69) is 38.8 Å². The van der Waals surface area contributed by atoms with Crippen molar-refractivity contribution in [3.8, 4) is 0 Å². The van der Waals surface area contributed by atoms with Crippen molar-refractivity contribution in [1.29, 1.82) is 0 Å². The van der Waals surface area contributed by atoms with Crippen LogP contribution in [0.3, 0.4) is 0 Å². The maximum atomic E-state index is 11.9. The summed E-state index contributed by atoms with van der Waals surface area (Å²) < 4.78 is 26.2. The highest BCUT2D eigenvalue weighted by Gasteiger charge is 2.28. The number of phosphoric acid groups is 1. The van der Waals surface area contributed by atoms with Gasteiger partial charge >= 0.3 is 7.82 Å². The van der Waals surface area contributed by atoms with E-state index < -0.39 is 7.82 Å². The monoisotopic (exact) mass is 613 g/mol. The van der Waals surface area contributed by atoms with Crippen molar-refractivity contribution in [1.82, 2.24) is 5.32 Å². The minimum absolute atomic E-state index is 0.162. The molecule has 0 aromatic heterocycles. The fraction of sp³-hybridized carbons (Fsp3) is 1.00. The molecule has 0 bridgehead atoms. The summed E-state index contributed by atoms with van der Waals surface area (Å²) in [5.41, 5.74) is 0. The molecule has 0 spiro atoms. The Hall–Kier alpha value is 0.300. The molecule has 0 rings (SSSR count). The first-order valence-corrected chi connectivity index (χ1v) is 19.1. The zero-order chi connectivity index (χ0) is 29.2. The summed E-state index contributed by atoms with van der Waals surface area (Å²) in [4.78, 5) is 4.85. The maximum Gasteiger partial charge on any atom is 0.504 e. The Morgan fingerprint density at radius 1 is 0.550 bits per heavy atom. The molecule has 10 heteroatoms. The number of hydrogen-bond acceptors (Lipinski definition) is 9. The summed E-state index contributed by atoms with van der Waals surface area (Å²) in [6.45, 7) is 8.54. The van der Waals surface area contributed by atoms with Crippen molar-refractivity contribution in [2.45, 2.75) is 149 Å². The van der Waals surface area contributed by atoms with E-state index in [1.165, 1.54) is 121 Å². The van der Waals surface area contributed by atoms with E-state index in [4.69, 9.17) is 13.9 Å². The first-order chi connectivity index (χ1) is 19.7. The largest absolute Gasteiger partial charge is 0.504 e. The molecule has 40 heavy (non-hydrogen) atoms. The zero-order valence-electron chi connectivity index (χ0n) is 26.3. The summed E-state index contributed by atoms with van der Waals surface area (Å²) in [6, 6.07) is 0. The van der Waals surface area contributed by atoms with Crippen molar-refractivity contribution < 1.29 is 33.3 Å². The van der Waals surface area contributed by atoms with Gasteiger partial charge in [-0.3, -0.25) is 9.05 Å². The van der Waals surface area contributed by atoms with Gasteiger partial charge in [0.1, 0.15) is 0 Å². The summed E-state index contributed by atoms with van der Waals surface area (Å²) in [5.74, 6) is 2.60. The normalized spacial score (nSPS) is 12.0. The van der Waals surface area contributed by atoms with Gasteiger partial charge in [0.15, 0.2) is 0 Å². The number of nitrogens with one attached hydrogen (secondary N) is 1. The van der Waals surface area contributed by atoms with Crippen LogP contribution in [0.1, 0.15) is 149 Å². The van der Waals surface area contributed by atoms with Crippen LogP contribution in [0.25, 0.3) is 0 Å². The quantitative estimate of drug-likeness (QED) is 0.0325. The molecule has 0 aromatic carbocycles. The Balaban J connectivity index is 3.15. The minimum Gasteiger partial charge on any atom is -0.317 e. The number of hydrogen-bond donors (Lipinski definition) is 1. The lowest BCUT2D eigenvalue weighted by Gasteiger charge is -2.13. The summed E-state index contributed by atoms with van der Waals surface area (Å²) in [5, 5.41) is 12.3. The van der Waals surface area contributed by atoms with E-state index in [1.54, 1.807) is 13.8 Å². The van der Waals surface area contributed by atoms with Crippen molar-refractivity contribution in [3.63, 3.8) is 0 Å². The smallest absolute Gasteiger partial charge is 0.317 e. The first kappa shape index (κ1) is 40.3. The van der Waals surface area contributed by atoms with Gasteiger partial charge in [0.05, 0.1) is 19.8 Å². The predicted octanol–water partition coefficient (Wildman–Crippen LogP) is 10.1. The third-order valence-electron chi connectivity index (χ3n) is 6.64. The molecule has 0 amide bonds. The van der Waals surface area contributed by atoms with Gasteiger partial charge < -0.3 is 5.32 Å². The van der Waals surface area contributed by atoms with E-state index in [9.17, 15) is 4.57 Å². The van der Waals surface area contributed by atoms with Gasteiger partial charge in [-0.1, -0.05) is 114 Å². The lowest BCUT2D eigenvalue weighted by Crippen LogP contribution is -2.17. The van der Waals surface area contributed by atoms with Crippen molar-refractivity contribution in [3.05, 3.63) is 0 Å². The van der Waals surface area contributed by atoms with Gasteiger partial charge in [0, 0.05) is 0 Å². The second-order valence-electron chi connectivity index (χ2n) is 10.4.